The number of allylic oxidation sites excluding steroid dienone is 1. The van der Waals surface area contributed by atoms with Crippen LogP contribution in [0.5, 0.6) is 0 Å². The molecule has 0 aromatic heterocycles. The summed E-state index contributed by atoms with van der Waals surface area (Å²) in [6.07, 6.45) is 1.85. The molecule has 0 atom stereocenters. The number of hydrogen-bond acceptors (Lipinski definition) is 3. The van der Waals surface area contributed by atoms with Gasteiger partial charge in [-0.1, -0.05) is 6.92 Å². The van der Waals surface area contributed by atoms with Gasteiger partial charge >= 0.3 is 5.91 Å². The number of carbonyl (C=O) groups is 2. The maximum atomic E-state index is 10.6. The van der Waals surface area contributed by atoms with Crippen molar-refractivity contribution in [2.45, 2.75) is 13.3 Å². The zero-order valence-electron chi connectivity index (χ0n) is 5.50. The Morgan fingerprint density at radius 2 is 2.10 bits per heavy atom. The molecule has 4 nitrogen and oxygen atoms in total. The zero-order valence-corrected chi connectivity index (χ0v) is 5.50. The largest absolute Gasteiger partial charge is 0.335 e. The highest BCUT2D eigenvalue weighted by molar-refractivity contribution is 6.41. The molecule has 10 heavy (non-hydrogen) atoms. The molecule has 1 rings (SSSR count). The smallest absolute Gasteiger partial charge is 0.284 e. The van der Waals surface area contributed by atoms with Crippen molar-refractivity contribution in [2.24, 2.45) is 10.2 Å². The molecule has 0 aromatic carbocycles. The van der Waals surface area contributed by atoms with Gasteiger partial charge in [-0.25, -0.2) is 0 Å². The van der Waals surface area contributed by atoms with E-state index in [1.165, 1.54) is 6.08 Å². The van der Waals surface area contributed by atoms with Crippen LogP contribution in [-0.4, -0.2) is 11.7 Å². The summed E-state index contributed by atoms with van der Waals surface area (Å²) in [4.78, 5) is 21.0. The van der Waals surface area contributed by atoms with E-state index in [2.05, 4.69) is 10.2 Å². The Hall–Kier alpha value is -1.32. The number of nitrogens with zero attached hydrogens (tertiary/aromatic N) is 2. The first kappa shape index (κ1) is 6.80. The molecule has 52 valence electrons. The van der Waals surface area contributed by atoms with E-state index in [4.69, 9.17) is 0 Å². The molecule has 0 radical (unpaired) electrons. The van der Waals surface area contributed by atoms with Gasteiger partial charge in [0.15, 0.2) is 0 Å². The van der Waals surface area contributed by atoms with E-state index in [1.807, 2.05) is 6.92 Å². The average Bonchev–Trinajstić information content (AvgIpc) is 1.95. The lowest BCUT2D eigenvalue weighted by Gasteiger charge is -1.97. The SMILES string of the molecule is CCC1=CC(=O)C(=O)N=N1. The lowest BCUT2D eigenvalue weighted by Crippen LogP contribution is -2.10. The predicted octanol–water partition coefficient (Wildman–Crippen LogP) is 0.842. The molecule has 0 saturated carbocycles. The average molecular weight is 138 g/mol. The Kier molecular flexibility index (Phi) is 1.71. The summed E-state index contributed by atoms with van der Waals surface area (Å²) in [7, 11) is 0. The number of carbonyl (C=O) groups excluding carboxylic acids is 2. The van der Waals surface area contributed by atoms with Gasteiger partial charge in [0.25, 0.3) is 0 Å². The first-order valence-corrected chi connectivity index (χ1v) is 2.94. The first-order chi connectivity index (χ1) is 4.74. The molecular weight excluding hydrogens is 132 g/mol. The predicted molar refractivity (Wildman–Crippen MR) is 33.2 cm³/mol. The summed E-state index contributed by atoms with van der Waals surface area (Å²) in [5.41, 5.74) is 0.560. The highest BCUT2D eigenvalue weighted by Crippen LogP contribution is 2.08. The fourth-order valence-corrected chi connectivity index (χ4v) is 0.574. The molecule has 1 heterocycles. The van der Waals surface area contributed by atoms with Gasteiger partial charge in [-0.3, -0.25) is 9.59 Å². The number of amides is 1. The Bertz CT molecular complexity index is 240. The lowest BCUT2D eigenvalue weighted by atomic mass is 10.2. The Morgan fingerprint density at radius 1 is 1.40 bits per heavy atom. The molecule has 0 bridgehead atoms. The summed E-state index contributed by atoms with van der Waals surface area (Å²) in [6.45, 7) is 1.84. The highest BCUT2D eigenvalue weighted by Gasteiger charge is 2.14. The van der Waals surface area contributed by atoms with Crippen molar-refractivity contribution in [1.82, 2.24) is 0 Å². The molecular formula is C6H6N2O2. The summed E-state index contributed by atoms with van der Waals surface area (Å²) in [5.74, 6) is -1.36. The van der Waals surface area contributed by atoms with Gasteiger partial charge in [0, 0.05) is 6.08 Å². The zero-order chi connectivity index (χ0) is 7.56. The fraction of sp³-hybridized carbons (Fsp3) is 0.333. The molecule has 0 spiro atoms. The van der Waals surface area contributed by atoms with E-state index in [-0.39, 0.29) is 0 Å². The minimum absolute atomic E-state index is 0.560. The Balaban J connectivity index is 2.86. The Morgan fingerprint density at radius 3 is 2.60 bits per heavy atom. The maximum absolute atomic E-state index is 10.6. The van der Waals surface area contributed by atoms with Crippen LogP contribution in [-0.2, 0) is 9.59 Å². The van der Waals surface area contributed by atoms with E-state index in [1.54, 1.807) is 0 Å². The minimum Gasteiger partial charge on any atom is -0.284 e. The second-order valence-electron chi connectivity index (χ2n) is 1.86. The van der Waals surface area contributed by atoms with Gasteiger partial charge in [0.2, 0.25) is 5.78 Å². The van der Waals surface area contributed by atoms with E-state index in [0.29, 0.717) is 12.1 Å². The second-order valence-corrected chi connectivity index (χ2v) is 1.86. The molecule has 0 saturated heterocycles. The van der Waals surface area contributed by atoms with Crippen LogP contribution in [0.2, 0.25) is 0 Å². The van der Waals surface area contributed by atoms with E-state index in [0.717, 1.165) is 0 Å². The number of hydrogen-bond donors (Lipinski definition) is 0. The van der Waals surface area contributed by atoms with Gasteiger partial charge in [-0.2, -0.15) is 5.11 Å². The van der Waals surface area contributed by atoms with Crippen molar-refractivity contribution in [2.75, 3.05) is 0 Å². The molecule has 0 fully saturated rings. The summed E-state index contributed by atoms with van der Waals surface area (Å²) in [6, 6.07) is 0. The highest BCUT2D eigenvalue weighted by atomic mass is 16.2. The van der Waals surface area contributed by atoms with Crippen LogP contribution in [0.25, 0.3) is 0 Å². The molecule has 1 aliphatic heterocycles. The standard InChI is InChI=1S/C6H6N2O2/c1-2-4-3-5(9)6(10)8-7-4/h3H,2H2,1H3. The molecule has 0 aromatic rings. The molecule has 0 unspecified atom stereocenters. The Labute approximate surface area is 57.6 Å². The van der Waals surface area contributed by atoms with Gasteiger partial charge in [0.05, 0.1) is 5.70 Å². The number of ketones is 1. The summed E-state index contributed by atoms with van der Waals surface area (Å²) < 4.78 is 0. The van der Waals surface area contributed by atoms with E-state index < -0.39 is 11.7 Å². The number of azo groups is 1. The van der Waals surface area contributed by atoms with Crippen LogP contribution < -0.4 is 0 Å². The van der Waals surface area contributed by atoms with Crippen LogP contribution in [0.4, 0.5) is 0 Å². The van der Waals surface area contributed by atoms with Crippen molar-refractivity contribution >= 4 is 11.7 Å². The van der Waals surface area contributed by atoms with Crippen molar-refractivity contribution in [3.05, 3.63) is 11.8 Å². The maximum Gasteiger partial charge on any atom is 0.335 e. The molecule has 0 N–H and O–H groups in total. The third-order valence-corrected chi connectivity index (χ3v) is 1.14. The van der Waals surface area contributed by atoms with E-state index >= 15 is 0 Å². The van der Waals surface area contributed by atoms with Crippen LogP contribution in [0.15, 0.2) is 22.0 Å². The third kappa shape index (κ3) is 1.15. The van der Waals surface area contributed by atoms with Gasteiger partial charge in [-0.15, -0.1) is 5.11 Å². The van der Waals surface area contributed by atoms with Crippen molar-refractivity contribution in [1.29, 1.82) is 0 Å². The quantitative estimate of drug-likeness (QED) is 0.504. The van der Waals surface area contributed by atoms with Crippen molar-refractivity contribution in [3.63, 3.8) is 0 Å². The monoisotopic (exact) mass is 138 g/mol. The van der Waals surface area contributed by atoms with Crippen molar-refractivity contribution in [3.8, 4) is 0 Å². The van der Waals surface area contributed by atoms with Gasteiger partial charge in [0.1, 0.15) is 0 Å². The molecule has 0 aliphatic carbocycles. The third-order valence-electron chi connectivity index (χ3n) is 1.14. The molecule has 1 aliphatic rings. The number of rotatable bonds is 1. The van der Waals surface area contributed by atoms with Crippen LogP contribution >= 0.6 is 0 Å². The van der Waals surface area contributed by atoms with Gasteiger partial charge < -0.3 is 0 Å². The van der Waals surface area contributed by atoms with Gasteiger partial charge in [-0.05, 0) is 6.42 Å². The minimum atomic E-state index is -0.780. The first-order valence-electron chi connectivity index (χ1n) is 2.94. The second kappa shape index (κ2) is 2.51. The summed E-state index contributed by atoms with van der Waals surface area (Å²) in [5, 5.41) is 6.63. The normalized spacial score (nSPS) is 17.5. The van der Waals surface area contributed by atoms with Crippen LogP contribution in [0.1, 0.15) is 13.3 Å². The fourth-order valence-electron chi connectivity index (χ4n) is 0.574. The van der Waals surface area contributed by atoms with Crippen molar-refractivity contribution < 1.29 is 9.59 Å². The lowest BCUT2D eigenvalue weighted by molar-refractivity contribution is -0.133. The van der Waals surface area contributed by atoms with Crippen LogP contribution in [0, 0.1) is 0 Å². The molecule has 1 amide bonds. The molecule has 4 heteroatoms. The summed E-state index contributed by atoms with van der Waals surface area (Å²) >= 11 is 0. The van der Waals surface area contributed by atoms with E-state index in [9.17, 15) is 9.59 Å². The van der Waals surface area contributed by atoms with Crippen LogP contribution in [0.3, 0.4) is 0 Å². The topological polar surface area (TPSA) is 58.9 Å².